The van der Waals surface area contributed by atoms with Crippen molar-refractivity contribution in [2.75, 3.05) is 0 Å². The SMILES string of the molecule is c1cc2sc(-c3cc4cc(-c5cnc6sccc6c5)sc4cn3)cc2cn1. The summed E-state index contributed by atoms with van der Waals surface area (Å²) in [5.74, 6) is 0. The van der Waals surface area contributed by atoms with Crippen LogP contribution in [0.1, 0.15) is 0 Å². The van der Waals surface area contributed by atoms with E-state index < -0.39 is 0 Å². The molecule has 0 spiro atoms. The molecule has 0 aliphatic heterocycles. The molecule has 0 unspecified atom stereocenters. The van der Waals surface area contributed by atoms with Gasteiger partial charge in [-0.05, 0) is 47.2 Å². The highest BCUT2D eigenvalue weighted by molar-refractivity contribution is 7.22. The van der Waals surface area contributed by atoms with E-state index in [-0.39, 0.29) is 0 Å². The lowest BCUT2D eigenvalue weighted by Crippen LogP contribution is -1.77. The predicted molar refractivity (Wildman–Crippen MR) is 117 cm³/mol. The molecule has 6 heteroatoms. The van der Waals surface area contributed by atoms with Gasteiger partial charge in [-0.25, -0.2) is 4.98 Å². The van der Waals surface area contributed by atoms with Gasteiger partial charge in [-0.1, -0.05) is 0 Å². The van der Waals surface area contributed by atoms with E-state index >= 15 is 0 Å². The highest BCUT2D eigenvalue weighted by Crippen LogP contribution is 2.38. The van der Waals surface area contributed by atoms with Crippen LogP contribution in [0.3, 0.4) is 0 Å². The Morgan fingerprint density at radius 3 is 2.59 bits per heavy atom. The van der Waals surface area contributed by atoms with Crippen molar-refractivity contribution < 1.29 is 0 Å². The van der Waals surface area contributed by atoms with Gasteiger partial charge in [-0.15, -0.1) is 34.0 Å². The first-order valence-corrected chi connectivity index (χ1v) is 10.9. The molecule has 0 bridgehead atoms. The number of nitrogens with zero attached hydrogens (tertiary/aromatic N) is 3. The maximum Gasteiger partial charge on any atom is 0.123 e. The summed E-state index contributed by atoms with van der Waals surface area (Å²) in [6.07, 6.45) is 7.70. The number of pyridine rings is 3. The van der Waals surface area contributed by atoms with Crippen LogP contribution in [-0.2, 0) is 0 Å². The lowest BCUT2D eigenvalue weighted by atomic mass is 10.2. The third-order valence-corrected chi connectivity index (χ3v) is 7.67. The molecule has 0 aliphatic carbocycles. The Hall–Kier alpha value is -2.67. The Morgan fingerprint density at radius 2 is 1.63 bits per heavy atom. The molecule has 6 aromatic heterocycles. The number of hydrogen-bond acceptors (Lipinski definition) is 6. The molecule has 0 aliphatic rings. The fourth-order valence-electron chi connectivity index (χ4n) is 3.23. The second-order valence-electron chi connectivity index (χ2n) is 6.28. The first-order chi connectivity index (χ1) is 13.3. The molecule has 0 atom stereocenters. The molecule has 6 aromatic rings. The number of rotatable bonds is 2. The van der Waals surface area contributed by atoms with Crippen LogP contribution in [-0.4, -0.2) is 15.0 Å². The topological polar surface area (TPSA) is 38.7 Å². The van der Waals surface area contributed by atoms with Gasteiger partial charge in [0.05, 0.1) is 15.3 Å². The van der Waals surface area contributed by atoms with Gasteiger partial charge in [0.2, 0.25) is 0 Å². The summed E-state index contributed by atoms with van der Waals surface area (Å²) in [7, 11) is 0. The van der Waals surface area contributed by atoms with Crippen molar-refractivity contribution in [1.82, 2.24) is 15.0 Å². The molecule has 0 fully saturated rings. The number of fused-ring (bicyclic) bond motifs is 3. The minimum Gasteiger partial charge on any atom is -0.264 e. The highest BCUT2D eigenvalue weighted by Gasteiger charge is 2.10. The van der Waals surface area contributed by atoms with Crippen molar-refractivity contribution in [2.24, 2.45) is 0 Å². The molecular weight excluding hydrogens is 390 g/mol. The van der Waals surface area contributed by atoms with Crippen LogP contribution in [0.2, 0.25) is 0 Å². The van der Waals surface area contributed by atoms with E-state index in [1.165, 1.54) is 35.3 Å². The zero-order valence-electron chi connectivity index (χ0n) is 13.9. The van der Waals surface area contributed by atoms with E-state index in [2.05, 4.69) is 51.7 Å². The molecule has 27 heavy (non-hydrogen) atoms. The van der Waals surface area contributed by atoms with Gasteiger partial charge in [0.15, 0.2) is 0 Å². The lowest BCUT2D eigenvalue weighted by Gasteiger charge is -1.96. The summed E-state index contributed by atoms with van der Waals surface area (Å²) >= 11 is 5.20. The van der Waals surface area contributed by atoms with Crippen LogP contribution in [0.5, 0.6) is 0 Å². The van der Waals surface area contributed by atoms with Gasteiger partial charge in [-0.3, -0.25) is 9.97 Å². The van der Waals surface area contributed by atoms with Gasteiger partial charge in [0.1, 0.15) is 4.83 Å². The quantitative estimate of drug-likeness (QED) is 0.318. The van der Waals surface area contributed by atoms with Crippen LogP contribution >= 0.6 is 34.0 Å². The third-order valence-electron chi connectivity index (χ3n) is 4.56. The molecule has 128 valence electrons. The molecule has 6 heterocycles. The summed E-state index contributed by atoms with van der Waals surface area (Å²) in [4.78, 5) is 17.0. The summed E-state index contributed by atoms with van der Waals surface area (Å²) in [5.41, 5.74) is 2.18. The van der Waals surface area contributed by atoms with Crippen LogP contribution < -0.4 is 0 Å². The lowest BCUT2D eigenvalue weighted by molar-refractivity contribution is 1.37. The fourth-order valence-corrected chi connectivity index (χ4v) is 5.94. The Morgan fingerprint density at radius 1 is 0.704 bits per heavy atom. The van der Waals surface area contributed by atoms with Crippen molar-refractivity contribution in [3.05, 3.63) is 66.6 Å². The Bertz CT molecular complexity index is 1410. The summed E-state index contributed by atoms with van der Waals surface area (Å²) in [6.45, 7) is 0. The molecule has 0 amide bonds. The van der Waals surface area contributed by atoms with Gasteiger partial charge in [-0.2, -0.15) is 0 Å². The van der Waals surface area contributed by atoms with Gasteiger partial charge in [0.25, 0.3) is 0 Å². The van der Waals surface area contributed by atoms with Crippen molar-refractivity contribution in [1.29, 1.82) is 0 Å². The number of aromatic nitrogens is 3. The maximum absolute atomic E-state index is 4.71. The van der Waals surface area contributed by atoms with E-state index in [1.807, 2.05) is 24.8 Å². The minimum atomic E-state index is 1.01. The molecule has 0 saturated heterocycles. The molecule has 3 nitrogen and oxygen atoms in total. The normalized spacial score (nSPS) is 11.7. The van der Waals surface area contributed by atoms with E-state index in [0.29, 0.717) is 0 Å². The Labute approximate surface area is 166 Å². The summed E-state index contributed by atoms with van der Waals surface area (Å²) in [5, 5.41) is 5.68. The van der Waals surface area contributed by atoms with Crippen molar-refractivity contribution in [3.8, 4) is 21.0 Å². The standard InChI is InChI=1S/C21H11N3S3/c1-3-22-9-15-8-19(26-17(1)15)16-6-13-7-18(27-20(13)11-23-16)14-5-12-2-4-25-21(12)24-10-14/h1-11H. The van der Waals surface area contributed by atoms with Crippen LogP contribution in [0, 0.1) is 0 Å². The first kappa shape index (κ1) is 15.4. The maximum atomic E-state index is 4.71. The molecule has 6 rings (SSSR count). The van der Waals surface area contributed by atoms with E-state index in [4.69, 9.17) is 4.98 Å². The van der Waals surface area contributed by atoms with Crippen LogP contribution in [0.4, 0.5) is 0 Å². The molecule has 0 N–H and O–H groups in total. The summed E-state index contributed by atoms with van der Waals surface area (Å²) < 4.78 is 2.44. The van der Waals surface area contributed by atoms with E-state index in [9.17, 15) is 0 Å². The first-order valence-electron chi connectivity index (χ1n) is 8.41. The fraction of sp³-hybridized carbons (Fsp3) is 0. The smallest absolute Gasteiger partial charge is 0.123 e. The number of hydrogen-bond donors (Lipinski definition) is 0. The van der Waals surface area contributed by atoms with E-state index in [0.717, 1.165) is 16.1 Å². The average Bonchev–Trinajstić information content (AvgIpc) is 3.42. The monoisotopic (exact) mass is 401 g/mol. The van der Waals surface area contributed by atoms with Crippen molar-refractivity contribution >= 4 is 64.4 Å². The van der Waals surface area contributed by atoms with Gasteiger partial charge in [0, 0.05) is 50.7 Å². The summed E-state index contributed by atoms with van der Waals surface area (Å²) in [6, 6.07) is 13.0. The van der Waals surface area contributed by atoms with Crippen LogP contribution in [0.15, 0.2) is 66.6 Å². The minimum absolute atomic E-state index is 1.01. The zero-order chi connectivity index (χ0) is 17.8. The predicted octanol–water partition coefficient (Wildman–Crippen LogP) is 6.85. The van der Waals surface area contributed by atoms with Crippen molar-refractivity contribution in [3.63, 3.8) is 0 Å². The van der Waals surface area contributed by atoms with Crippen LogP contribution in [0.25, 0.3) is 51.4 Å². The van der Waals surface area contributed by atoms with Crippen molar-refractivity contribution in [2.45, 2.75) is 0 Å². The van der Waals surface area contributed by atoms with E-state index in [1.54, 1.807) is 34.0 Å². The molecule has 0 saturated carbocycles. The largest absolute Gasteiger partial charge is 0.264 e. The highest BCUT2D eigenvalue weighted by atomic mass is 32.1. The zero-order valence-corrected chi connectivity index (χ0v) is 16.4. The molecular formula is C21H11N3S3. The Kier molecular flexibility index (Phi) is 3.38. The second kappa shape index (κ2) is 5.92. The third kappa shape index (κ3) is 2.56. The number of thiophene rings is 3. The van der Waals surface area contributed by atoms with Gasteiger partial charge >= 0.3 is 0 Å². The average molecular weight is 402 g/mol. The molecule has 0 aromatic carbocycles. The Balaban J connectivity index is 1.46. The molecule has 0 radical (unpaired) electrons. The van der Waals surface area contributed by atoms with Gasteiger partial charge < -0.3 is 0 Å². The second-order valence-corrected chi connectivity index (χ2v) is 9.34.